The molecule has 0 spiro atoms. The second-order valence-electron chi connectivity index (χ2n) is 5.99. The number of likely N-dealkylation sites (tertiary alicyclic amines) is 1. The summed E-state index contributed by atoms with van der Waals surface area (Å²) in [7, 11) is 0. The molecule has 4 rings (SSSR count). The molecule has 0 radical (unpaired) electrons. The highest BCUT2D eigenvalue weighted by Crippen LogP contribution is 2.24. The quantitative estimate of drug-likeness (QED) is 0.735. The molecule has 1 fully saturated rings. The predicted octanol–water partition coefficient (Wildman–Crippen LogP) is 3.02. The first-order valence-corrected chi connectivity index (χ1v) is 8.95. The maximum atomic E-state index is 12.4. The van der Waals surface area contributed by atoms with Gasteiger partial charge in [0.15, 0.2) is 0 Å². The Kier molecular flexibility index (Phi) is 4.13. The molecule has 0 N–H and O–H groups in total. The lowest BCUT2D eigenvalue weighted by Crippen LogP contribution is -2.30. The Bertz CT molecular complexity index is 813. The largest absolute Gasteiger partial charge is 0.340 e. The summed E-state index contributed by atoms with van der Waals surface area (Å²) in [4.78, 5) is 15.5. The fourth-order valence-corrected chi connectivity index (χ4v) is 3.75. The van der Waals surface area contributed by atoms with Crippen LogP contribution < -0.4 is 0 Å². The molecular weight excluding hydrogens is 320 g/mol. The number of carbonyl (C=O) groups is 1. The van der Waals surface area contributed by atoms with E-state index in [9.17, 15) is 4.79 Å². The molecule has 1 aromatic carbocycles. The lowest BCUT2D eigenvalue weighted by molar-refractivity contribution is -0.129. The zero-order valence-corrected chi connectivity index (χ0v) is 14.0. The average molecular weight is 338 g/mol. The van der Waals surface area contributed by atoms with E-state index in [1.165, 1.54) is 0 Å². The summed E-state index contributed by atoms with van der Waals surface area (Å²) in [6.45, 7) is 1.50. The topological polar surface area (TPSA) is 51.0 Å². The number of nitrogens with zero attached hydrogens (tertiary/aromatic N) is 4. The second-order valence-corrected chi connectivity index (χ2v) is 7.02. The minimum atomic E-state index is 0.198. The first kappa shape index (κ1) is 15.1. The van der Waals surface area contributed by atoms with E-state index in [-0.39, 0.29) is 11.9 Å². The Morgan fingerprint density at radius 1 is 1.21 bits per heavy atom. The molecule has 2 aromatic heterocycles. The minimum absolute atomic E-state index is 0.198. The van der Waals surface area contributed by atoms with Gasteiger partial charge >= 0.3 is 0 Å². The van der Waals surface area contributed by atoms with Crippen LogP contribution in [-0.4, -0.2) is 38.9 Å². The van der Waals surface area contributed by atoms with Crippen LogP contribution in [0.5, 0.6) is 0 Å². The third kappa shape index (κ3) is 3.10. The molecule has 24 heavy (non-hydrogen) atoms. The van der Waals surface area contributed by atoms with Gasteiger partial charge in [0.05, 0.1) is 18.7 Å². The van der Waals surface area contributed by atoms with Gasteiger partial charge in [-0.15, -0.1) is 16.4 Å². The summed E-state index contributed by atoms with van der Waals surface area (Å²) in [6, 6.07) is 14.2. The molecule has 6 heteroatoms. The van der Waals surface area contributed by atoms with E-state index in [1.54, 1.807) is 11.3 Å². The van der Waals surface area contributed by atoms with E-state index in [2.05, 4.69) is 10.3 Å². The van der Waals surface area contributed by atoms with E-state index in [0.29, 0.717) is 13.0 Å². The fraction of sp³-hybridized carbons (Fsp3) is 0.278. The van der Waals surface area contributed by atoms with Crippen molar-refractivity contribution in [1.29, 1.82) is 0 Å². The van der Waals surface area contributed by atoms with Crippen LogP contribution in [0, 0.1) is 0 Å². The van der Waals surface area contributed by atoms with E-state index in [4.69, 9.17) is 0 Å². The highest BCUT2D eigenvalue weighted by Gasteiger charge is 2.28. The smallest absolute Gasteiger partial charge is 0.227 e. The number of hydrogen-bond donors (Lipinski definition) is 0. The van der Waals surface area contributed by atoms with Crippen molar-refractivity contribution in [2.45, 2.75) is 18.9 Å². The highest BCUT2D eigenvalue weighted by molar-refractivity contribution is 7.10. The third-order valence-electron chi connectivity index (χ3n) is 4.38. The van der Waals surface area contributed by atoms with Gasteiger partial charge in [-0.2, -0.15) is 0 Å². The molecule has 0 saturated carbocycles. The minimum Gasteiger partial charge on any atom is -0.340 e. The number of rotatable bonds is 4. The van der Waals surface area contributed by atoms with Gasteiger partial charge in [0.2, 0.25) is 5.91 Å². The Morgan fingerprint density at radius 2 is 2.08 bits per heavy atom. The van der Waals surface area contributed by atoms with Gasteiger partial charge in [-0.25, -0.2) is 4.68 Å². The molecule has 1 saturated heterocycles. The van der Waals surface area contributed by atoms with Crippen LogP contribution in [0.1, 0.15) is 17.3 Å². The monoisotopic (exact) mass is 338 g/mol. The first-order chi connectivity index (χ1) is 11.8. The zero-order chi connectivity index (χ0) is 16.4. The number of hydrogen-bond acceptors (Lipinski definition) is 4. The van der Waals surface area contributed by atoms with Crippen LogP contribution in [0.4, 0.5) is 0 Å². The van der Waals surface area contributed by atoms with Crippen LogP contribution in [0.2, 0.25) is 0 Å². The summed E-state index contributed by atoms with van der Waals surface area (Å²) in [6.07, 6.45) is 3.40. The molecule has 1 amide bonds. The van der Waals surface area contributed by atoms with Crippen molar-refractivity contribution in [3.63, 3.8) is 0 Å². The number of benzene rings is 1. The molecule has 1 aliphatic rings. The van der Waals surface area contributed by atoms with Gasteiger partial charge in [-0.3, -0.25) is 4.79 Å². The molecule has 122 valence electrons. The number of carbonyl (C=O) groups excluding carboxylic acids is 1. The summed E-state index contributed by atoms with van der Waals surface area (Å²) >= 11 is 1.63. The third-order valence-corrected chi connectivity index (χ3v) is 5.25. The molecule has 1 atom stereocenters. The first-order valence-electron chi connectivity index (χ1n) is 8.07. The SMILES string of the molecule is O=C(Cc1cccs1)N1CC[C@H](n2cc(-c3ccccc3)nn2)C1. The summed E-state index contributed by atoms with van der Waals surface area (Å²) in [5, 5.41) is 10.6. The van der Waals surface area contributed by atoms with Crippen LogP contribution in [0.15, 0.2) is 54.0 Å². The van der Waals surface area contributed by atoms with Crippen molar-refractivity contribution in [1.82, 2.24) is 19.9 Å². The van der Waals surface area contributed by atoms with Gasteiger partial charge in [-0.05, 0) is 17.9 Å². The summed E-state index contributed by atoms with van der Waals surface area (Å²) in [5.74, 6) is 0.198. The van der Waals surface area contributed by atoms with Crippen LogP contribution in [0.3, 0.4) is 0 Å². The molecule has 5 nitrogen and oxygen atoms in total. The fourth-order valence-electron chi connectivity index (χ4n) is 3.05. The molecule has 0 unspecified atom stereocenters. The van der Waals surface area contributed by atoms with Crippen molar-refractivity contribution >= 4 is 17.2 Å². The van der Waals surface area contributed by atoms with Crippen molar-refractivity contribution in [3.05, 3.63) is 58.9 Å². The number of thiophene rings is 1. The maximum absolute atomic E-state index is 12.4. The average Bonchev–Trinajstić information content (AvgIpc) is 3.36. The van der Waals surface area contributed by atoms with E-state index < -0.39 is 0 Å². The molecular formula is C18H18N4OS. The Morgan fingerprint density at radius 3 is 2.88 bits per heavy atom. The maximum Gasteiger partial charge on any atom is 0.227 e. The van der Waals surface area contributed by atoms with E-state index in [1.807, 2.05) is 63.6 Å². The van der Waals surface area contributed by atoms with Crippen LogP contribution in [0.25, 0.3) is 11.3 Å². The van der Waals surface area contributed by atoms with Crippen molar-refractivity contribution in [2.24, 2.45) is 0 Å². The number of amides is 1. The standard InChI is InChI=1S/C18H18N4OS/c23-18(11-16-7-4-10-24-16)21-9-8-15(12-21)22-13-17(19-20-22)14-5-2-1-3-6-14/h1-7,10,13,15H,8-9,11-12H2/t15-/m0/s1. The van der Waals surface area contributed by atoms with Crippen molar-refractivity contribution in [3.8, 4) is 11.3 Å². The van der Waals surface area contributed by atoms with Gasteiger partial charge in [0.25, 0.3) is 0 Å². The van der Waals surface area contributed by atoms with Gasteiger partial charge in [-0.1, -0.05) is 41.6 Å². The molecule has 3 aromatic rings. The zero-order valence-electron chi connectivity index (χ0n) is 13.2. The molecule has 3 heterocycles. The predicted molar refractivity (Wildman–Crippen MR) is 93.7 cm³/mol. The molecule has 0 aliphatic carbocycles. The Balaban J connectivity index is 1.42. The van der Waals surface area contributed by atoms with Crippen LogP contribution >= 0.6 is 11.3 Å². The lowest BCUT2D eigenvalue weighted by Gasteiger charge is -2.16. The Labute approximate surface area is 144 Å². The summed E-state index contributed by atoms with van der Waals surface area (Å²) < 4.78 is 1.90. The molecule has 1 aliphatic heterocycles. The lowest BCUT2D eigenvalue weighted by atomic mass is 10.2. The van der Waals surface area contributed by atoms with Gasteiger partial charge in [0.1, 0.15) is 5.69 Å². The van der Waals surface area contributed by atoms with Crippen LogP contribution in [-0.2, 0) is 11.2 Å². The van der Waals surface area contributed by atoms with Gasteiger partial charge in [0, 0.05) is 23.5 Å². The second kappa shape index (κ2) is 6.57. The highest BCUT2D eigenvalue weighted by atomic mass is 32.1. The summed E-state index contributed by atoms with van der Waals surface area (Å²) in [5.41, 5.74) is 1.94. The normalized spacial score (nSPS) is 17.3. The number of aromatic nitrogens is 3. The van der Waals surface area contributed by atoms with E-state index in [0.717, 1.165) is 29.1 Å². The Hall–Kier alpha value is -2.47. The van der Waals surface area contributed by atoms with Gasteiger partial charge < -0.3 is 4.90 Å². The van der Waals surface area contributed by atoms with Crippen molar-refractivity contribution < 1.29 is 4.79 Å². The van der Waals surface area contributed by atoms with Crippen molar-refractivity contribution in [2.75, 3.05) is 13.1 Å². The van der Waals surface area contributed by atoms with E-state index >= 15 is 0 Å². The molecule has 0 bridgehead atoms.